The fourth-order valence-electron chi connectivity index (χ4n) is 3.79. The maximum absolute atomic E-state index is 13.1. The highest BCUT2D eigenvalue weighted by atomic mass is 16.3. The summed E-state index contributed by atoms with van der Waals surface area (Å²) in [6.07, 6.45) is 2.46. The average Bonchev–Trinajstić information content (AvgIpc) is 3.40. The van der Waals surface area contributed by atoms with Gasteiger partial charge in [-0.25, -0.2) is 4.98 Å². The van der Waals surface area contributed by atoms with Crippen molar-refractivity contribution in [2.24, 2.45) is 7.05 Å². The van der Waals surface area contributed by atoms with Crippen LogP contribution in [0.2, 0.25) is 0 Å². The van der Waals surface area contributed by atoms with E-state index in [-0.39, 0.29) is 5.91 Å². The molecule has 0 unspecified atom stereocenters. The van der Waals surface area contributed by atoms with Crippen LogP contribution in [0, 0.1) is 6.92 Å². The summed E-state index contributed by atoms with van der Waals surface area (Å²) in [7, 11) is 3.92. The number of hydrogen-bond donors (Lipinski definition) is 1. The molecule has 1 amide bonds. The van der Waals surface area contributed by atoms with Gasteiger partial charge in [0.25, 0.3) is 5.91 Å². The number of carbonyl (C=O) groups is 1. The molecule has 7 heteroatoms. The van der Waals surface area contributed by atoms with Crippen LogP contribution in [0.5, 0.6) is 0 Å². The maximum atomic E-state index is 13.1. The van der Waals surface area contributed by atoms with E-state index in [0.29, 0.717) is 29.2 Å². The number of nitrogens with one attached hydrogen (secondary N) is 1. The second kappa shape index (κ2) is 9.14. The summed E-state index contributed by atoms with van der Waals surface area (Å²) in [5, 5.41) is 8.28. The number of aryl methyl sites for hydroxylation is 2. The van der Waals surface area contributed by atoms with Crippen LogP contribution >= 0.6 is 0 Å². The fourth-order valence-corrected chi connectivity index (χ4v) is 3.79. The van der Waals surface area contributed by atoms with Crippen molar-refractivity contribution in [3.63, 3.8) is 0 Å². The Labute approximate surface area is 181 Å². The Morgan fingerprint density at radius 2 is 2.00 bits per heavy atom. The number of aromatic nitrogens is 3. The Balaban J connectivity index is 1.44. The summed E-state index contributed by atoms with van der Waals surface area (Å²) in [5.41, 5.74) is 3.92. The molecule has 0 saturated heterocycles. The summed E-state index contributed by atoms with van der Waals surface area (Å²) in [6, 6.07) is 15.8. The van der Waals surface area contributed by atoms with Crippen LogP contribution in [0.15, 0.2) is 59.2 Å². The van der Waals surface area contributed by atoms with Crippen molar-refractivity contribution in [3.8, 4) is 11.5 Å². The van der Waals surface area contributed by atoms with Crippen LogP contribution in [-0.4, -0.2) is 45.7 Å². The predicted molar refractivity (Wildman–Crippen MR) is 121 cm³/mol. The molecule has 0 aliphatic carbocycles. The molecule has 4 aromatic rings. The summed E-state index contributed by atoms with van der Waals surface area (Å²) >= 11 is 0. The lowest BCUT2D eigenvalue weighted by atomic mass is 10.1. The summed E-state index contributed by atoms with van der Waals surface area (Å²) < 4.78 is 7.20. The molecule has 0 radical (unpaired) electrons. The normalized spacial score (nSPS) is 11.4. The van der Waals surface area contributed by atoms with Gasteiger partial charge in [-0.1, -0.05) is 30.3 Å². The van der Waals surface area contributed by atoms with Crippen LogP contribution in [0.25, 0.3) is 22.5 Å². The number of hydrogen-bond acceptors (Lipinski definition) is 5. The van der Waals surface area contributed by atoms with Crippen LogP contribution in [0.1, 0.15) is 28.0 Å². The topological polar surface area (TPSA) is 76.2 Å². The van der Waals surface area contributed by atoms with Gasteiger partial charge in [0, 0.05) is 20.1 Å². The predicted octanol–water partition coefficient (Wildman–Crippen LogP) is 3.79. The highest BCUT2D eigenvalue weighted by Gasteiger charge is 2.19. The summed E-state index contributed by atoms with van der Waals surface area (Å²) in [5.74, 6) is 0.499. The number of pyridine rings is 1. The second-order valence-electron chi connectivity index (χ2n) is 7.77. The van der Waals surface area contributed by atoms with Gasteiger partial charge in [0.1, 0.15) is 5.69 Å². The lowest BCUT2D eigenvalue weighted by Crippen LogP contribution is -2.28. The highest BCUT2D eigenvalue weighted by Crippen LogP contribution is 2.27. The Bertz CT molecular complexity index is 1170. The van der Waals surface area contributed by atoms with E-state index in [0.717, 1.165) is 30.6 Å². The first-order chi connectivity index (χ1) is 15.0. The molecule has 3 aromatic heterocycles. The maximum Gasteiger partial charge on any atom is 0.252 e. The van der Waals surface area contributed by atoms with Crippen LogP contribution in [0.4, 0.5) is 0 Å². The molecule has 31 heavy (non-hydrogen) atoms. The lowest BCUT2D eigenvalue weighted by Gasteiger charge is -2.17. The number of furan rings is 1. The zero-order valence-corrected chi connectivity index (χ0v) is 18.1. The number of rotatable bonds is 8. The minimum atomic E-state index is -0.123. The molecule has 4 rings (SSSR count). The van der Waals surface area contributed by atoms with E-state index in [9.17, 15) is 4.79 Å². The van der Waals surface area contributed by atoms with Crippen molar-refractivity contribution in [1.82, 2.24) is 25.0 Å². The molecule has 0 aliphatic heterocycles. The molecule has 0 bridgehead atoms. The number of amides is 1. The second-order valence-corrected chi connectivity index (χ2v) is 7.77. The molecule has 0 aliphatic rings. The smallest absolute Gasteiger partial charge is 0.252 e. The molecule has 0 fully saturated rings. The van der Waals surface area contributed by atoms with E-state index in [2.05, 4.69) is 51.6 Å². The van der Waals surface area contributed by atoms with E-state index in [4.69, 9.17) is 4.42 Å². The minimum absolute atomic E-state index is 0.123. The summed E-state index contributed by atoms with van der Waals surface area (Å²) in [6.45, 7) is 4.27. The molecule has 1 N–H and O–H groups in total. The van der Waals surface area contributed by atoms with Crippen molar-refractivity contribution in [2.75, 3.05) is 20.1 Å². The molecule has 0 spiro atoms. The quantitative estimate of drug-likeness (QED) is 0.442. The molecule has 3 heterocycles. The van der Waals surface area contributed by atoms with E-state index >= 15 is 0 Å². The lowest BCUT2D eigenvalue weighted by molar-refractivity contribution is 0.0953. The molecule has 0 saturated carbocycles. The Kier molecular flexibility index (Phi) is 6.13. The molecular weight excluding hydrogens is 390 g/mol. The molecule has 160 valence electrons. The third kappa shape index (κ3) is 4.67. The van der Waals surface area contributed by atoms with E-state index in [1.807, 2.05) is 26.1 Å². The standard InChI is InChI=1S/C24H27N5O2/c1-17-22-19(15-20(21-11-7-14-31-21)26-23(22)29(3)27-17)24(30)25-12-8-13-28(2)16-18-9-5-4-6-10-18/h4-7,9-11,14-15H,8,12-13,16H2,1-3H3,(H,25,30). The van der Waals surface area contributed by atoms with Crippen LogP contribution in [-0.2, 0) is 13.6 Å². The van der Waals surface area contributed by atoms with Gasteiger partial charge < -0.3 is 14.6 Å². The monoisotopic (exact) mass is 417 g/mol. The largest absolute Gasteiger partial charge is 0.463 e. The first kappa shape index (κ1) is 20.8. The average molecular weight is 418 g/mol. The zero-order chi connectivity index (χ0) is 21.8. The number of benzene rings is 1. The van der Waals surface area contributed by atoms with Gasteiger partial charge in [-0.2, -0.15) is 5.10 Å². The third-order valence-electron chi connectivity index (χ3n) is 5.28. The third-order valence-corrected chi connectivity index (χ3v) is 5.28. The summed E-state index contributed by atoms with van der Waals surface area (Å²) in [4.78, 5) is 20.0. The van der Waals surface area contributed by atoms with Crippen molar-refractivity contribution in [1.29, 1.82) is 0 Å². The van der Waals surface area contributed by atoms with E-state index in [1.54, 1.807) is 23.1 Å². The van der Waals surface area contributed by atoms with Crippen molar-refractivity contribution < 1.29 is 9.21 Å². The first-order valence-corrected chi connectivity index (χ1v) is 10.4. The van der Waals surface area contributed by atoms with Crippen LogP contribution in [0.3, 0.4) is 0 Å². The SMILES string of the molecule is Cc1nn(C)c2nc(-c3ccco3)cc(C(=O)NCCCN(C)Cc3ccccc3)c12. The number of nitrogens with zero attached hydrogens (tertiary/aromatic N) is 4. The van der Waals surface area contributed by atoms with Gasteiger partial charge in [0.15, 0.2) is 11.4 Å². The van der Waals surface area contributed by atoms with Gasteiger partial charge in [0.05, 0.1) is 22.9 Å². The van der Waals surface area contributed by atoms with Gasteiger partial charge in [0.2, 0.25) is 0 Å². The van der Waals surface area contributed by atoms with Gasteiger partial charge in [-0.05, 0) is 50.7 Å². The first-order valence-electron chi connectivity index (χ1n) is 10.4. The fraction of sp³-hybridized carbons (Fsp3) is 0.292. The molecule has 7 nitrogen and oxygen atoms in total. The van der Waals surface area contributed by atoms with E-state index < -0.39 is 0 Å². The molecule has 1 aromatic carbocycles. The Hall–Kier alpha value is -3.45. The van der Waals surface area contributed by atoms with Gasteiger partial charge >= 0.3 is 0 Å². The highest BCUT2D eigenvalue weighted by molar-refractivity contribution is 6.07. The number of fused-ring (bicyclic) bond motifs is 1. The number of carbonyl (C=O) groups excluding carboxylic acids is 1. The van der Waals surface area contributed by atoms with Crippen molar-refractivity contribution in [3.05, 3.63) is 71.6 Å². The Morgan fingerprint density at radius 1 is 1.19 bits per heavy atom. The van der Waals surface area contributed by atoms with Gasteiger partial charge in [-0.3, -0.25) is 9.48 Å². The van der Waals surface area contributed by atoms with E-state index in [1.165, 1.54) is 5.56 Å². The Morgan fingerprint density at radius 3 is 2.74 bits per heavy atom. The van der Waals surface area contributed by atoms with Crippen LogP contribution < -0.4 is 5.32 Å². The van der Waals surface area contributed by atoms with Crippen molar-refractivity contribution in [2.45, 2.75) is 19.9 Å². The van der Waals surface area contributed by atoms with Gasteiger partial charge in [-0.15, -0.1) is 0 Å². The minimum Gasteiger partial charge on any atom is -0.463 e. The molecule has 0 atom stereocenters. The van der Waals surface area contributed by atoms with Crippen molar-refractivity contribution >= 4 is 16.9 Å². The zero-order valence-electron chi connectivity index (χ0n) is 18.1. The molecular formula is C24H27N5O2.